The van der Waals surface area contributed by atoms with Gasteiger partial charge in [0.25, 0.3) is 0 Å². The van der Waals surface area contributed by atoms with E-state index in [0.717, 1.165) is 16.2 Å². The van der Waals surface area contributed by atoms with Gasteiger partial charge < -0.3 is 0 Å². The molecular formula is C19H23Cl2N3Si2. The summed E-state index contributed by atoms with van der Waals surface area (Å²) in [5, 5.41) is 8.71. The summed E-state index contributed by atoms with van der Waals surface area (Å²) in [6, 6.07) is 16.8. The first-order chi connectivity index (χ1) is 12.3. The summed E-state index contributed by atoms with van der Waals surface area (Å²) in [6.07, 6.45) is 4.29. The molecule has 3 nitrogen and oxygen atoms in total. The Balaban J connectivity index is 2.21. The number of rotatable bonds is 6. The maximum Gasteiger partial charge on any atom is 0.137 e. The van der Waals surface area contributed by atoms with Crippen LogP contribution in [0.5, 0.6) is 0 Å². The molecule has 0 amide bonds. The van der Waals surface area contributed by atoms with Gasteiger partial charge in [0.15, 0.2) is 0 Å². The average Bonchev–Trinajstić information content (AvgIpc) is 3.07. The lowest BCUT2D eigenvalue weighted by molar-refractivity contribution is 0.726. The number of hydrogen-bond donors (Lipinski definition) is 0. The summed E-state index contributed by atoms with van der Waals surface area (Å²) in [4.78, 5) is 4.16. The number of aromatic nitrogens is 3. The highest BCUT2D eigenvalue weighted by Crippen LogP contribution is 2.23. The van der Waals surface area contributed by atoms with E-state index < -0.39 is 16.1 Å². The Kier molecular flexibility index (Phi) is 5.72. The summed E-state index contributed by atoms with van der Waals surface area (Å²) >= 11 is 12.4. The van der Waals surface area contributed by atoms with Gasteiger partial charge in [0.2, 0.25) is 0 Å². The summed E-state index contributed by atoms with van der Waals surface area (Å²) in [6.45, 7) is 7.30. The third-order valence-electron chi connectivity index (χ3n) is 4.52. The smallest absolute Gasteiger partial charge is 0.137 e. The molecule has 0 unspecified atom stereocenters. The predicted molar refractivity (Wildman–Crippen MR) is 116 cm³/mol. The third-order valence-corrected chi connectivity index (χ3v) is 15.4. The number of halogens is 2. The Bertz CT molecular complexity index is 796. The Morgan fingerprint density at radius 3 is 1.73 bits per heavy atom. The van der Waals surface area contributed by atoms with Crippen LogP contribution in [0.15, 0.2) is 61.2 Å². The van der Waals surface area contributed by atoms with Crippen LogP contribution in [0.4, 0.5) is 0 Å². The minimum absolute atomic E-state index is 0.765. The molecule has 26 heavy (non-hydrogen) atoms. The Hall–Kier alpha value is -1.41. The van der Waals surface area contributed by atoms with E-state index in [1.54, 1.807) is 6.33 Å². The van der Waals surface area contributed by atoms with E-state index in [1.807, 2.05) is 35.3 Å². The first-order valence-corrected chi connectivity index (χ1v) is 15.5. The van der Waals surface area contributed by atoms with Crippen molar-refractivity contribution in [3.05, 3.63) is 71.2 Å². The SMILES string of the molecule is C[Si](C)(C)C[Si](Cn1cncn1)(c1ccc(Cl)cc1)c1ccc(Cl)cc1. The largest absolute Gasteiger partial charge is 0.255 e. The van der Waals surface area contributed by atoms with Crippen molar-refractivity contribution in [1.29, 1.82) is 0 Å². The van der Waals surface area contributed by atoms with Gasteiger partial charge in [0.1, 0.15) is 20.7 Å². The first kappa shape index (κ1) is 19.4. The summed E-state index contributed by atoms with van der Waals surface area (Å²) < 4.78 is 1.98. The molecule has 1 aromatic heterocycles. The van der Waals surface area contributed by atoms with E-state index in [2.05, 4.69) is 54.0 Å². The van der Waals surface area contributed by atoms with E-state index in [-0.39, 0.29) is 0 Å². The van der Waals surface area contributed by atoms with Gasteiger partial charge in [-0.1, -0.05) is 83.1 Å². The van der Waals surface area contributed by atoms with E-state index in [0.29, 0.717) is 0 Å². The lowest BCUT2D eigenvalue weighted by Gasteiger charge is -2.37. The molecule has 7 heteroatoms. The van der Waals surface area contributed by atoms with Gasteiger partial charge in [-0.25, -0.2) is 4.98 Å². The normalized spacial score (nSPS) is 12.3. The van der Waals surface area contributed by atoms with Crippen LogP contribution in [0, 0.1) is 0 Å². The molecule has 0 aliphatic rings. The fourth-order valence-electron chi connectivity index (χ4n) is 3.64. The molecule has 3 aromatic rings. The fraction of sp³-hybridized carbons (Fsp3) is 0.263. The van der Waals surface area contributed by atoms with Gasteiger partial charge in [0, 0.05) is 24.3 Å². The van der Waals surface area contributed by atoms with Gasteiger partial charge in [0.05, 0.1) is 0 Å². The Labute approximate surface area is 167 Å². The molecule has 0 saturated carbocycles. The molecule has 0 N–H and O–H groups in total. The molecule has 0 spiro atoms. The maximum absolute atomic E-state index is 6.18. The Morgan fingerprint density at radius 2 is 1.35 bits per heavy atom. The van der Waals surface area contributed by atoms with Crippen LogP contribution in [-0.2, 0) is 6.17 Å². The van der Waals surface area contributed by atoms with E-state index in [1.165, 1.54) is 16.0 Å². The van der Waals surface area contributed by atoms with Crippen molar-refractivity contribution < 1.29 is 0 Å². The molecule has 0 atom stereocenters. The lowest BCUT2D eigenvalue weighted by Crippen LogP contribution is -2.64. The van der Waals surface area contributed by atoms with Gasteiger partial charge in [-0.2, -0.15) is 5.10 Å². The fourth-order valence-corrected chi connectivity index (χ4v) is 16.2. The molecular weight excluding hydrogens is 397 g/mol. The molecule has 0 radical (unpaired) electrons. The van der Waals surface area contributed by atoms with Gasteiger partial charge >= 0.3 is 0 Å². The molecule has 136 valence electrons. The van der Waals surface area contributed by atoms with Crippen LogP contribution in [0.2, 0.25) is 35.4 Å². The standard InChI is InChI=1S/C19H23Cl2N3Si2/c1-25(2,3)15-26(14-24-13-22-12-23-24,18-8-4-16(20)5-9-18)19-10-6-17(21)7-11-19/h4-13H,14-15H2,1-3H3. The zero-order valence-corrected chi connectivity index (χ0v) is 18.8. The van der Waals surface area contributed by atoms with E-state index in [4.69, 9.17) is 23.2 Å². The lowest BCUT2D eigenvalue weighted by atomic mass is 10.4. The summed E-state index contributed by atoms with van der Waals surface area (Å²) in [5.41, 5.74) is 1.21. The third kappa shape index (κ3) is 4.46. The van der Waals surface area contributed by atoms with Crippen LogP contribution in [0.3, 0.4) is 0 Å². The first-order valence-electron chi connectivity index (χ1n) is 8.63. The van der Waals surface area contributed by atoms with Crippen molar-refractivity contribution in [2.24, 2.45) is 0 Å². The minimum atomic E-state index is -2.13. The van der Waals surface area contributed by atoms with Crippen molar-refractivity contribution in [2.75, 3.05) is 0 Å². The average molecular weight is 420 g/mol. The van der Waals surface area contributed by atoms with Crippen molar-refractivity contribution in [3.8, 4) is 0 Å². The van der Waals surface area contributed by atoms with Crippen molar-refractivity contribution in [2.45, 2.75) is 31.5 Å². The van der Waals surface area contributed by atoms with Gasteiger partial charge in [-0.15, -0.1) is 0 Å². The van der Waals surface area contributed by atoms with Crippen molar-refractivity contribution in [1.82, 2.24) is 14.8 Å². The van der Waals surface area contributed by atoms with E-state index in [9.17, 15) is 0 Å². The number of hydrogen-bond acceptors (Lipinski definition) is 2. The molecule has 0 bridgehead atoms. The number of nitrogens with zero attached hydrogens (tertiary/aromatic N) is 3. The molecule has 0 aliphatic carbocycles. The summed E-state index contributed by atoms with van der Waals surface area (Å²) in [5.74, 6) is 0. The second-order valence-corrected chi connectivity index (χ2v) is 19.0. The van der Waals surface area contributed by atoms with Gasteiger partial charge in [-0.3, -0.25) is 4.68 Å². The molecule has 1 heterocycles. The predicted octanol–water partition coefficient (Wildman–Crippen LogP) is 4.26. The molecule has 0 saturated heterocycles. The molecule has 0 aliphatic heterocycles. The molecule has 0 fully saturated rings. The van der Waals surface area contributed by atoms with Crippen LogP contribution in [-0.4, -0.2) is 30.9 Å². The Morgan fingerprint density at radius 1 is 0.846 bits per heavy atom. The minimum Gasteiger partial charge on any atom is -0.255 e. The maximum atomic E-state index is 6.18. The highest BCUT2D eigenvalue weighted by molar-refractivity contribution is 7.09. The monoisotopic (exact) mass is 419 g/mol. The van der Waals surface area contributed by atoms with Crippen molar-refractivity contribution >= 4 is 49.7 Å². The quantitative estimate of drug-likeness (QED) is 0.558. The van der Waals surface area contributed by atoms with Crippen LogP contribution in [0.1, 0.15) is 0 Å². The zero-order chi connectivity index (χ0) is 18.8. The highest BCUT2D eigenvalue weighted by Gasteiger charge is 2.42. The molecule has 3 rings (SSSR count). The molecule has 2 aromatic carbocycles. The van der Waals surface area contributed by atoms with Gasteiger partial charge in [-0.05, 0) is 24.3 Å². The zero-order valence-electron chi connectivity index (χ0n) is 15.3. The number of benzene rings is 2. The van der Waals surface area contributed by atoms with E-state index >= 15 is 0 Å². The van der Waals surface area contributed by atoms with Crippen LogP contribution >= 0.6 is 23.2 Å². The van der Waals surface area contributed by atoms with Crippen LogP contribution < -0.4 is 10.4 Å². The van der Waals surface area contributed by atoms with Crippen molar-refractivity contribution in [3.63, 3.8) is 0 Å². The topological polar surface area (TPSA) is 30.7 Å². The van der Waals surface area contributed by atoms with Crippen LogP contribution in [0.25, 0.3) is 0 Å². The highest BCUT2D eigenvalue weighted by atomic mass is 35.5. The summed E-state index contributed by atoms with van der Waals surface area (Å²) in [7, 11) is -3.51. The second-order valence-electron chi connectivity index (χ2n) is 7.93. The second kappa shape index (κ2) is 7.68.